The lowest BCUT2D eigenvalue weighted by atomic mass is 10.1. The molecule has 0 aromatic heterocycles. The number of alkyl halides is 3. The third kappa shape index (κ3) is 3.65. The second-order valence-corrected chi connectivity index (χ2v) is 4.86. The largest absolute Gasteiger partial charge is 0.406 e. The molecule has 1 aromatic rings. The highest BCUT2D eigenvalue weighted by Crippen LogP contribution is 2.32. The zero-order valence-corrected chi connectivity index (χ0v) is 11.2. The topological polar surface area (TPSA) is 32.3 Å². The van der Waals surface area contributed by atoms with E-state index in [1.54, 1.807) is 24.3 Å². The zero-order valence-electron chi connectivity index (χ0n) is 11.2. The fraction of sp³-hybridized carbons (Fsp3) is 0.500. The van der Waals surface area contributed by atoms with Gasteiger partial charge in [-0.25, -0.2) is 0 Å². The number of nitrogens with zero attached hydrogens (tertiary/aromatic N) is 1. The van der Waals surface area contributed by atoms with Crippen LogP contribution in [0.5, 0.6) is 0 Å². The molecule has 110 valence electrons. The standard InChI is InChI=1S/C14H17F3N2O/c1-2-18-12-6-4-3-5-11(12)13(20)19(10-7-8-10)9-14(15,16)17/h3-6,10,18H,2,7-9H2,1H3. The highest BCUT2D eigenvalue weighted by Gasteiger charge is 2.41. The van der Waals surface area contributed by atoms with Gasteiger partial charge in [0.05, 0.1) is 5.56 Å². The molecule has 0 unspecified atom stereocenters. The molecule has 1 N–H and O–H groups in total. The maximum Gasteiger partial charge on any atom is 0.406 e. The fourth-order valence-corrected chi connectivity index (χ4v) is 2.12. The third-order valence-electron chi connectivity index (χ3n) is 3.12. The van der Waals surface area contributed by atoms with Crippen LogP contribution in [0.15, 0.2) is 24.3 Å². The van der Waals surface area contributed by atoms with Crippen LogP contribution in [-0.4, -0.2) is 36.1 Å². The van der Waals surface area contributed by atoms with Crippen molar-refractivity contribution in [3.05, 3.63) is 29.8 Å². The van der Waals surface area contributed by atoms with Crippen LogP contribution in [0.3, 0.4) is 0 Å². The lowest BCUT2D eigenvalue weighted by Crippen LogP contribution is -2.40. The number of nitrogens with one attached hydrogen (secondary N) is 1. The van der Waals surface area contributed by atoms with Gasteiger partial charge in [-0.05, 0) is 31.9 Å². The molecule has 2 rings (SSSR count). The summed E-state index contributed by atoms with van der Waals surface area (Å²) in [5, 5.41) is 3.01. The predicted octanol–water partition coefficient (Wildman–Crippen LogP) is 3.29. The number of rotatable bonds is 5. The van der Waals surface area contributed by atoms with Crippen LogP contribution in [0.4, 0.5) is 18.9 Å². The highest BCUT2D eigenvalue weighted by molar-refractivity contribution is 6.00. The van der Waals surface area contributed by atoms with Crippen LogP contribution in [0.2, 0.25) is 0 Å². The first-order valence-corrected chi connectivity index (χ1v) is 6.63. The molecule has 6 heteroatoms. The first-order chi connectivity index (χ1) is 9.42. The van der Waals surface area contributed by atoms with Crippen LogP contribution in [0.1, 0.15) is 30.1 Å². The summed E-state index contributed by atoms with van der Waals surface area (Å²) >= 11 is 0. The molecule has 1 aliphatic carbocycles. The lowest BCUT2D eigenvalue weighted by molar-refractivity contribution is -0.141. The van der Waals surface area contributed by atoms with E-state index in [1.165, 1.54) is 0 Å². The molecule has 0 aliphatic heterocycles. The first kappa shape index (κ1) is 14.7. The van der Waals surface area contributed by atoms with Gasteiger partial charge in [-0.3, -0.25) is 4.79 Å². The average molecular weight is 286 g/mol. The van der Waals surface area contributed by atoms with E-state index in [0.29, 0.717) is 30.6 Å². The maximum absolute atomic E-state index is 12.6. The SMILES string of the molecule is CCNc1ccccc1C(=O)N(CC(F)(F)F)C1CC1. The maximum atomic E-state index is 12.6. The number of carbonyl (C=O) groups is 1. The van der Waals surface area contributed by atoms with Crippen molar-refractivity contribution in [3.8, 4) is 0 Å². The van der Waals surface area contributed by atoms with Gasteiger partial charge in [-0.1, -0.05) is 12.1 Å². The molecule has 1 aromatic carbocycles. The van der Waals surface area contributed by atoms with Gasteiger partial charge in [-0.15, -0.1) is 0 Å². The van der Waals surface area contributed by atoms with Gasteiger partial charge in [0, 0.05) is 18.3 Å². The molecule has 1 saturated carbocycles. The number of hydrogen-bond acceptors (Lipinski definition) is 2. The smallest absolute Gasteiger partial charge is 0.385 e. The van der Waals surface area contributed by atoms with E-state index in [2.05, 4.69) is 5.32 Å². The minimum atomic E-state index is -4.37. The fourth-order valence-electron chi connectivity index (χ4n) is 2.12. The number of halogens is 3. The molecule has 1 aliphatic rings. The first-order valence-electron chi connectivity index (χ1n) is 6.63. The molecule has 0 radical (unpaired) electrons. The summed E-state index contributed by atoms with van der Waals surface area (Å²) in [4.78, 5) is 13.3. The molecule has 0 spiro atoms. The number of para-hydroxylation sites is 1. The van der Waals surface area contributed by atoms with Gasteiger partial charge in [0.1, 0.15) is 6.54 Å². The number of amides is 1. The lowest BCUT2D eigenvalue weighted by Gasteiger charge is -2.25. The van der Waals surface area contributed by atoms with Crippen LogP contribution in [-0.2, 0) is 0 Å². The number of benzene rings is 1. The summed E-state index contributed by atoms with van der Waals surface area (Å²) in [7, 11) is 0. The minimum absolute atomic E-state index is 0.279. The van der Waals surface area contributed by atoms with E-state index in [4.69, 9.17) is 0 Å². The molecule has 0 saturated heterocycles. The molecular weight excluding hydrogens is 269 g/mol. The van der Waals surface area contributed by atoms with E-state index in [0.717, 1.165) is 4.90 Å². The Morgan fingerprint density at radius 3 is 2.55 bits per heavy atom. The van der Waals surface area contributed by atoms with E-state index in [-0.39, 0.29) is 6.04 Å². The van der Waals surface area contributed by atoms with Crippen molar-refractivity contribution >= 4 is 11.6 Å². The average Bonchev–Trinajstić information content (AvgIpc) is 3.19. The van der Waals surface area contributed by atoms with Crippen molar-refractivity contribution in [3.63, 3.8) is 0 Å². The molecule has 20 heavy (non-hydrogen) atoms. The highest BCUT2D eigenvalue weighted by atomic mass is 19.4. The molecule has 1 fully saturated rings. The van der Waals surface area contributed by atoms with Crippen LogP contribution in [0.25, 0.3) is 0 Å². The summed E-state index contributed by atoms with van der Waals surface area (Å²) in [5.41, 5.74) is 0.873. The Morgan fingerprint density at radius 2 is 2.00 bits per heavy atom. The van der Waals surface area contributed by atoms with E-state index < -0.39 is 18.6 Å². The van der Waals surface area contributed by atoms with Crippen LogP contribution in [0, 0.1) is 0 Å². The Bertz CT molecular complexity index is 484. The molecule has 3 nitrogen and oxygen atoms in total. The van der Waals surface area contributed by atoms with Gasteiger partial charge in [-0.2, -0.15) is 13.2 Å². The van der Waals surface area contributed by atoms with Crippen molar-refractivity contribution in [1.82, 2.24) is 4.90 Å². The predicted molar refractivity (Wildman–Crippen MR) is 70.7 cm³/mol. The Balaban J connectivity index is 2.23. The Labute approximate surface area is 115 Å². The third-order valence-corrected chi connectivity index (χ3v) is 3.12. The number of anilines is 1. The zero-order chi connectivity index (χ0) is 14.8. The monoisotopic (exact) mass is 286 g/mol. The Hall–Kier alpha value is -1.72. The van der Waals surface area contributed by atoms with Crippen molar-refractivity contribution in [2.75, 3.05) is 18.4 Å². The second-order valence-electron chi connectivity index (χ2n) is 4.86. The summed E-state index contributed by atoms with van der Waals surface area (Å²) in [5.74, 6) is -0.554. The van der Waals surface area contributed by atoms with E-state index >= 15 is 0 Å². The van der Waals surface area contributed by atoms with Gasteiger partial charge < -0.3 is 10.2 Å². The Morgan fingerprint density at radius 1 is 1.35 bits per heavy atom. The van der Waals surface area contributed by atoms with Crippen LogP contribution < -0.4 is 5.32 Å². The van der Waals surface area contributed by atoms with E-state index in [9.17, 15) is 18.0 Å². The van der Waals surface area contributed by atoms with Crippen molar-refractivity contribution in [1.29, 1.82) is 0 Å². The van der Waals surface area contributed by atoms with Crippen molar-refractivity contribution in [2.24, 2.45) is 0 Å². The van der Waals surface area contributed by atoms with Gasteiger partial charge in [0.15, 0.2) is 0 Å². The number of hydrogen-bond donors (Lipinski definition) is 1. The Kier molecular flexibility index (Phi) is 4.20. The molecule has 0 bridgehead atoms. The summed E-state index contributed by atoms with van der Waals surface area (Å²) in [6, 6.07) is 6.40. The molecule has 0 atom stereocenters. The van der Waals surface area contributed by atoms with Gasteiger partial charge in [0.25, 0.3) is 5.91 Å². The molecular formula is C14H17F3N2O. The van der Waals surface area contributed by atoms with Gasteiger partial charge in [0.2, 0.25) is 0 Å². The molecule has 1 amide bonds. The second kappa shape index (κ2) is 5.73. The normalized spacial score (nSPS) is 15.0. The van der Waals surface area contributed by atoms with E-state index in [1.807, 2.05) is 6.92 Å². The van der Waals surface area contributed by atoms with Crippen LogP contribution >= 0.6 is 0 Å². The summed E-state index contributed by atoms with van der Waals surface area (Å²) < 4.78 is 37.8. The summed E-state index contributed by atoms with van der Waals surface area (Å²) in [6.45, 7) is 1.29. The van der Waals surface area contributed by atoms with Crippen molar-refractivity contribution in [2.45, 2.75) is 32.0 Å². The molecule has 0 heterocycles. The quantitative estimate of drug-likeness (QED) is 0.901. The van der Waals surface area contributed by atoms with Gasteiger partial charge >= 0.3 is 6.18 Å². The summed E-state index contributed by atoms with van der Waals surface area (Å²) in [6.07, 6.45) is -3.08. The minimum Gasteiger partial charge on any atom is -0.385 e. The van der Waals surface area contributed by atoms with Crippen molar-refractivity contribution < 1.29 is 18.0 Å². The number of carbonyl (C=O) groups excluding carboxylic acids is 1.